The first-order valence-electron chi connectivity index (χ1n) is 10.1. The molecule has 0 aromatic heterocycles. The van der Waals surface area contributed by atoms with Gasteiger partial charge in [-0.3, -0.25) is 34.2 Å². The van der Waals surface area contributed by atoms with E-state index >= 15 is 0 Å². The SMILES string of the molecule is CC(CCC(=O)NC=O)N1C(=O)c2cccc(CNC(=O)CCCCCN)c2C1=O. The van der Waals surface area contributed by atoms with E-state index in [2.05, 4.69) is 5.32 Å². The topological polar surface area (TPSA) is 139 Å². The molecule has 0 spiro atoms. The largest absolute Gasteiger partial charge is 0.352 e. The second-order valence-electron chi connectivity index (χ2n) is 7.27. The van der Waals surface area contributed by atoms with Crippen molar-refractivity contribution in [2.75, 3.05) is 6.54 Å². The molecule has 0 saturated carbocycles. The number of nitrogens with zero attached hydrogens (tertiary/aromatic N) is 1. The number of rotatable bonds is 12. The van der Waals surface area contributed by atoms with Crippen LogP contribution in [0.25, 0.3) is 0 Å². The number of benzene rings is 1. The Kier molecular flexibility index (Phi) is 8.67. The van der Waals surface area contributed by atoms with E-state index in [0.717, 1.165) is 24.2 Å². The van der Waals surface area contributed by atoms with Gasteiger partial charge < -0.3 is 11.1 Å². The van der Waals surface area contributed by atoms with Crippen molar-refractivity contribution in [3.05, 3.63) is 34.9 Å². The summed E-state index contributed by atoms with van der Waals surface area (Å²) in [5.41, 5.74) is 6.59. The summed E-state index contributed by atoms with van der Waals surface area (Å²) in [7, 11) is 0. The molecule has 162 valence electrons. The fourth-order valence-corrected chi connectivity index (χ4v) is 3.42. The minimum absolute atomic E-state index is 0.0143. The molecule has 1 unspecified atom stereocenters. The number of amides is 5. The summed E-state index contributed by atoms with van der Waals surface area (Å²) in [5.74, 6) is -1.45. The Hall–Kier alpha value is -3.07. The number of nitrogens with one attached hydrogen (secondary N) is 2. The molecule has 1 aliphatic rings. The third kappa shape index (κ3) is 5.73. The Morgan fingerprint density at radius 2 is 1.87 bits per heavy atom. The average Bonchev–Trinajstić information content (AvgIpc) is 2.99. The van der Waals surface area contributed by atoms with Crippen molar-refractivity contribution >= 4 is 30.0 Å². The van der Waals surface area contributed by atoms with Crippen LogP contribution in [0.5, 0.6) is 0 Å². The highest BCUT2D eigenvalue weighted by Crippen LogP contribution is 2.28. The maximum atomic E-state index is 13.0. The highest BCUT2D eigenvalue weighted by Gasteiger charge is 2.39. The van der Waals surface area contributed by atoms with Gasteiger partial charge in [0.25, 0.3) is 11.8 Å². The fraction of sp³-hybridized carbons (Fsp3) is 0.476. The van der Waals surface area contributed by atoms with Gasteiger partial charge in [0.1, 0.15) is 0 Å². The van der Waals surface area contributed by atoms with Gasteiger partial charge in [0.15, 0.2) is 0 Å². The Morgan fingerprint density at radius 1 is 1.10 bits per heavy atom. The van der Waals surface area contributed by atoms with Gasteiger partial charge in [-0.1, -0.05) is 18.6 Å². The molecule has 1 aliphatic heterocycles. The van der Waals surface area contributed by atoms with Crippen LogP contribution in [0.1, 0.15) is 71.7 Å². The predicted molar refractivity (Wildman–Crippen MR) is 109 cm³/mol. The van der Waals surface area contributed by atoms with Gasteiger partial charge in [-0.2, -0.15) is 0 Å². The summed E-state index contributed by atoms with van der Waals surface area (Å²) < 4.78 is 0. The molecule has 30 heavy (non-hydrogen) atoms. The third-order valence-electron chi connectivity index (χ3n) is 5.07. The third-order valence-corrected chi connectivity index (χ3v) is 5.07. The molecule has 1 heterocycles. The molecule has 0 bridgehead atoms. The minimum Gasteiger partial charge on any atom is -0.352 e. The van der Waals surface area contributed by atoms with Crippen molar-refractivity contribution in [2.24, 2.45) is 5.73 Å². The van der Waals surface area contributed by atoms with Crippen LogP contribution in [-0.2, 0) is 20.9 Å². The van der Waals surface area contributed by atoms with Gasteiger partial charge in [-0.15, -0.1) is 0 Å². The summed E-state index contributed by atoms with van der Waals surface area (Å²) in [6, 6.07) is 4.46. The molecule has 0 radical (unpaired) electrons. The van der Waals surface area contributed by atoms with Gasteiger partial charge in [-0.25, -0.2) is 0 Å². The zero-order valence-electron chi connectivity index (χ0n) is 17.1. The lowest BCUT2D eigenvalue weighted by molar-refractivity contribution is -0.125. The zero-order chi connectivity index (χ0) is 22.1. The molecule has 0 fully saturated rings. The second kappa shape index (κ2) is 11.2. The smallest absolute Gasteiger partial charge is 0.262 e. The molecule has 1 aromatic carbocycles. The number of carbonyl (C=O) groups excluding carboxylic acids is 5. The molecule has 1 aromatic rings. The Balaban J connectivity index is 2.02. The Labute approximate surface area is 175 Å². The maximum Gasteiger partial charge on any atom is 0.262 e. The summed E-state index contributed by atoms with van der Waals surface area (Å²) in [6.45, 7) is 2.44. The van der Waals surface area contributed by atoms with Crippen molar-refractivity contribution in [3.8, 4) is 0 Å². The summed E-state index contributed by atoms with van der Waals surface area (Å²) in [5, 5.41) is 4.84. The highest BCUT2D eigenvalue weighted by molar-refractivity contribution is 6.22. The van der Waals surface area contributed by atoms with E-state index in [1.165, 1.54) is 0 Å². The quantitative estimate of drug-likeness (QED) is 0.262. The van der Waals surface area contributed by atoms with E-state index < -0.39 is 23.8 Å². The standard InChI is InChI=1S/C21H28N4O5/c1-14(9-10-18(28)24-13-26)25-20(29)16-7-5-6-15(19(16)21(25)30)12-23-17(27)8-3-2-4-11-22/h5-7,13-14H,2-4,8-12,22H2,1H3,(H,23,27)(H,24,26,28). The first-order chi connectivity index (χ1) is 14.4. The average molecular weight is 416 g/mol. The first kappa shape index (κ1) is 23.2. The molecule has 1 atom stereocenters. The van der Waals surface area contributed by atoms with E-state index in [1.807, 2.05) is 5.32 Å². The normalized spacial score (nSPS) is 13.7. The first-order valence-corrected chi connectivity index (χ1v) is 10.1. The summed E-state index contributed by atoms with van der Waals surface area (Å²) in [6.07, 6.45) is 3.44. The van der Waals surface area contributed by atoms with Crippen molar-refractivity contribution in [1.82, 2.24) is 15.5 Å². The van der Waals surface area contributed by atoms with E-state index in [1.54, 1.807) is 25.1 Å². The van der Waals surface area contributed by atoms with Crippen LogP contribution >= 0.6 is 0 Å². The van der Waals surface area contributed by atoms with Crippen molar-refractivity contribution < 1.29 is 24.0 Å². The minimum atomic E-state index is -0.514. The van der Waals surface area contributed by atoms with Crippen LogP contribution in [0.2, 0.25) is 0 Å². The van der Waals surface area contributed by atoms with Crippen LogP contribution in [0.3, 0.4) is 0 Å². The molecule has 9 heteroatoms. The number of carbonyl (C=O) groups is 5. The lowest BCUT2D eigenvalue weighted by Crippen LogP contribution is -2.39. The molecule has 5 amide bonds. The Bertz CT molecular complexity index is 824. The van der Waals surface area contributed by atoms with Gasteiger partial charge in [-0.05, 0) is 44.4 Å². The van der Waals surface area contributed by atoms with Crippen LogP contribution < -0.4 is 16.4 Å². The van der Waals surface area contributed by atoms with E-state index in [0.29, 0.717) is 30.5 Å². The molecule has 9 nitrogen and oxygen atoms in total. The molecule has 2 rings (SSSR count). The van der Waals surface area contributed by atoms with E-state index in [-0.39, 0.29) is 30.9 Å². The molecule has 4 N–H and O–H groups in total. The summed E-state index contributed by atoms with van der Waals surface area (Å²) in [4.78, 5) is 60.7. The number of hydrogen-bond donors (Lipinski definition) is 3. The Morgan fingerprint density at radius 3 is 2.57 bits per heavy atom. The van der Waals surface area contributed by atoms with E-state index in [4.69, 9.17) is 5.73 Å². The predicted octanol–water partition coefficient (Wildman–Crippen LogP) is 0.859. The van der Waals surface area contributed by atoms with Crippen LogP contribution in [-0.4, -0.2) is 47.5 Å². The zero-order valence-corrected chi connectivity index (χ0v) is 17.1. The highest BCUT2D eigenvalue weighted by atomic mass is 16.2. The van der Waals surface area contributed by atoms with Crippen molar-refractivity contribution in [1.29, 1.82) is 0 Å². The van der Waals surface area contributed by atoms with Crippen LogP contribution in [0, 0.1) is 0 Å². The van der Waals surface area contributed by atoms with E-state index in [9.17, 15) is 24.0 Å². The lowest BCUT2D eigenvalue weighted by Gasteiger charge is -2.22. The number of hydrogen-bond acceptors (Lipinski definition) is 6. The van der Waals surface area contributed by atoms with Crippen molar-refractivity contribution in [3.63, 3.8) is 0 Å². The molecule has 0 aliphatic carbocycles. The molecular weight excluding hydrogens is 388 g/mol. The fourth-order valence-electron chi connectivity index (χ4n) is 3.42. The van der Waals surface area contributed by atoms with Gasteiger partial charge in [0.2, 0.25) is 18.2 Å². The molecular formula is C21H28N4O5. The van der Waals surface area contributed by atoms with Crippen LogP contribution in [0.15, 0.2) is 18.2 Å². The van der Waals surface area contributed by atoms with Gasteiger partial charge >= 0.3 is 0 Å². The van der Waals surface area contributed by atoms with Crippen LogP contribution in [0.4, 0.5) is 0 Å². The number of unbranched alkanes of at least 4 members (excludes halogenated alkanes) is 2. The van der Waals surface area contributed by atoms with Gasteiger partial charge in [0.05, 0.1) is 11.1 Å². The number of nitrogens with two attached hydrogens (primary N) is 1. The molecule has 0 saturated heterocycles. The number of imide groups is 2. The lowest BCUT2D eigenvalue weighted by atomic mass is 10.0. The number of fused-ring (bicyclic) bond motifs is 1. The monoisotopic (exact) mass is 416 g/mol. The summed E-state index contributed by atoms with van der Waals surface area (Å²) >= 11 is 0. The maximum absolute atomic E-state index is 13.0. The second-order valence-corrected chi connectivity index (χ2v) is 7.27. The van der Waals surface area contributed by atoms with Gasteiger partial charge in [0, 0.05) is 25.4 Å². The van der Waals surface area contributed by atoms with Crippen molar-refractivity contribution in [2.45, 2.75) is 58.0 Å².